The minimum Gasteiger partial charge on any atom is -0.508 e. The first-order valence-electron chi connectivity index (χ1n) is 4.55. The van der Waals surface area contributed by atoms with Gasteiger partial charge in [-0.3, -0.25) is 9.59 Å². The van der Waals surface area contributed by atoms with Crippen molar-refractivity contribution in [3.63, 3.8) is 0 Å². The lowest BCUT2D eigenvalue weighted by Crippen LogP contribution is -1.80. The van der Waals surface area contributed by atoms with Crippen LogP contribution in [0.1, 0.15) is 0 Å². The zero-order valence-corrected chi connectivity index (χ0v) is 9.34. The molecule has 1 atom stereocenters. The molecule has 4 nitrogen and oxygen atoms in total. The number of aromatic hydroxyl groups is 1. The van der Waals surface area contributed by atoms with E-state index in [0.29, 0.717) is 17.7 Å². The number of rotatable bonds is 2. The van der Waals surface area contributed by atoms with Crippen molar-refractivity contribution >= 4 is 24.2 Å². The Morgan fingerprint density at radius 3 is 1.94 bits per heavy atom. The van der Waals surface area contributed by atoms with Gasteiger partial charge in [-0.2, -0.15) is 0 Å². The number of hydrogen-bond acceptors (Lipinski definition) is 4. The molecule has 1 unspecified atom stereocenters. The summed E-state index contributed by atoms with van der Waals surface area (Å²) in [5, 5.41) is 8.63. The number of hydrogen-bond donors (Lipinski definition) is 1. The van der Waals surface area contributed by atoms with E-state index in [1.165, 1.54) is 0 Å². The second kappa shape index (κ2) is 10.1. The van der Waals surface area contributed by atoms with Crippen LogP contribution in [0.5, 0.6) is 5.75 Å². The Morgan fingerprint density at radius 2 is 1.81 bits per heavy atom. The predicted octanol–water partition coefficient (Wildman–Crippen LogP) is 1.40. The molecule has 1 N–H and O–H groups in total. The van der Waals surface area contributed by atoms with Crippen molar-refractivity contribution in [2.24, 2.45) is 0 Å². The lowest BCUT2D eigenvalue weighted by Gasteiger charge is -1.82. The minimum atomic E-state index is 0.194. The van der Waals surface area contributed by atoms with Gasteiger partial charge >= 0.3 is 0 Å². The van der Waals surface area contributed by atoms with E-state index < -0.39 is 0 Å². The molecule has 0 spiro atoms. The lowest BCUT2D eigenvalue weighted by molar-refractivity contribution is -0.122. The van der Waals surface area contributed by atoms with Crippen LogP contribution >= 0.6 is 11.6 Å². The maximum atomic E-state index is 8.81. The van der Waals surface area contributed by atoms with Gasteiger partial charge in [0.1, 0.15) is 5.75 Å². The van der Waals surface area contributed by atoms with E-state index in [-0.39, 0.29) is 12.6 Å². The quantitative estimate of drug-likeness (QED) is 0.370. The summed E-state index contributed by atoms with van der Waals surface area (Å²) in [5.74, 6) is 0.988. The van der Waals surface area contributed by atoms with Gasteiger partial charge < -0.3 is 9.84 Å². The van der Waals surface area contributed by atoms with Crippen molar-refractivity contribution in [2.45, 2.75) is 6.10 Å². The average Bonchev–Trinajstić information content (AvgIpc) is 3.15. The molecular weight excluding hydrogens is 232 g/mol. The number of benzene rings is 1. The van der Waals surface area contributed by atoms with Crippen LogP contribution in [-0.2, 0) is 14.3 Å². The fourth-order valence-corrected chi connectivity index (χ4v) is 0.763. The van der Waals surface area contributed by atoms with Gasteiger partial charge in [0.15, 0.2) is 12.6 Å². The molecule has 0 saturated carbocycles. The Hall–Kier alpha value is -1.39. The van der Waals surface area contributed by atoms with Gasteiger partial charge in [0.2, 0.25) is 0 Å². The summed E-state index contributed by atoms with van der Waals surface area (Å²) in [5.41, 5.74) is 0. The van der Waals surface area contributed by atoms with Crippen LogP contribution in [0.2, 0.25) is 0 Å². The van der Waals surface area contributed by atoms with Gasteiger partial charge in [-0.1, -0.05) is 18.2 Å². The van der Waals surface area contributed by atoms with Crippen LogP contribution in [0.4, 0.5) is 0 Å². The molecule has 1 aromatic rings. The number of alkyl halides is 1. The molecule has 0 radical (unpaired) electrons. The third-order valence-electron chi connectivity index (χ3n) is 1.39. The van der Waals surface area contributed by atoms with Gasteiger partial charge in [0, 0.05) is 0 Å². The van der Waals surface area contributed by atoms with E-state index in [1.807, 2.05) is 6.07 Å². The minimum absolute atomic E-state index is 0.194. The standard InChI is InChI=1S/C6H6O.C3H5ClO.C2H2O2/c7-6-4-2-1-3-5-6;4-1-3-2-5-3;3-1-2-4/h1-5,7H;3H,1-2H2;1-2H. The number of phenolic OH excluding ortho intramolecular Hbond substituents is 1. The monoisotopic (exact) mass is 244 g/mol. The Bertz CT molecular complexity index is 279. The van der Waals surface area contributed by atoms with Crippen LogP contribution in [-0.4, -0.2) is 36.3 Å². The first kappa shape index (κ1) is 14.6. The Kier molecular flexibility index (Phi) is 9.26. The Labute approximate surface area is 98.8 Å². The molecule has 0 bridgehead atoms. The largest absolute Gasteiger partial charge is 0.508 e. The molecule has 1 aromatic carbocycles. The van der Waals surface area contributed by atoms with Gasteiger partial charge in [-0.15, -0.1) is 11.6 Å². The van der Waals surface area contributed by atoms with E-state index >= 15 is 0 Å². The number of epoxide rings is 1. The summed E-state index contributed by atoms with van der Waals surface area (Å²) in [4.78, 5) is 17.6. The molecule has 5 heteroatoms. The zero-order chi connectivity index (χ0) is 12.2. The van der Waals surface area contributed by atoms with Crippen molar-refractivity contribution < 1.29 is 19.4 Å². The summed E-state index contributed by atoms with van der Waals surface area (Å²) in [7, 11) is 0. The number of carbonyl (C=O) groups is 2. The van der Waals surface area contributed by atoms with Crippen LogP contribution in [0.25, 0.3) is 0 Å². The first-order valence-corrected chi connectivity index (χ1v) is 5.08. The molecule has 0 aromatic heterocycles. The smallest absolute Gasteiger partial charge is 0.182 e. The molecular formula is C11H13ClO4. The number of ether oxygens (including phenoxy) is 1. The second-order valence-electron chi connectivity index (χ2n) is 2.72. The molecule has 16 heavy (non-hydrogen) atoms. The summed E-state index contributed by atoms with van der Waals surface area (Å²) in [6.45, 7) is 0.878. The van der Waals surface area contributed by atoms with Gasteiger partial charge in [-0.05, 0) is 12.1 Å². The maximum Gasteiger partial charge on any atom is 0.182 e. The highest BCUT2D eigenvalue weighted by Crippen LogP contribution is 2.08. The molecule has 0 aliphatic carbocycles. The number of aldehydes is 2. The van der Waals surface area contributed by atoms with Crippen molar-refractivity contribution in [3.8, 4) is 5.75 Å². The highest BCUT2D eigenvalue weighted by molar-refractivity contribution is 6.18. The zero-order valence-electron chi connectivity index (χ0n) is 8.58. The van der Waals surface area contributed by atoms with Gasteiger partial charge in [-0.25, -0.2) is 0 Å². The van der Waals surface area contributed by atoms with Gasteiger partial charge in [0.25, 0.3) is 0 Å². The van der Waals surface area contributed by atoms with Crippen molar-refractivity contribution in [1.29, 1.82) is 0 Å². The average molecular weight is 245 g/mol. The maximum absolute atomic E-state index is 8.81. The first-order chi connectivity index (χ1) is 7.74. The molecule has 0 amide bonds. The lowest BCUT2D eigenvalue weighted by atomic mass is 10.3. The van der Waals surface area contributed by atoms with Crippen LogP contribution in [0, 0.1) is 0 Å². The van der Waals surface area contributed by atoms with E-state index in [1.54, 1.807) is 24.3 Å². The van der Waals surface area contributed by atoms with E-state index in [0.717, 1.165) is 6.61 Å². The van der Waals surface area contributed by atoms with Crippen molar-refractivity contribution in [1.82, 2.24) is 0 Å². The highest BCUT2D eigenvalue weighted by Gasteiger charge is 2.19. The van der Waals surface area contributed by atoms with E-state index in [4.69, 9.17) is 31.0 Å². The van der Waals surface area contributed by atoms with E-state index in [9.17, 15) is 0 Å². The third-order valence-corrected chi connectivity index (χ3v) is 1.73. The summed E-state index contributed by atoms with van der Waals surface area (Å²) >= 11 is 5.27. The Balaban J connectivity index is 0.000000222. The second-order valence-corrected chi connectivity index (χ2v) is 3.03. The molecule has 88 valence electrons. The number of halogens is 1. The van der Waals surface area contributed by atoms with Crippen molar-refractivity contribution in [3.05, 3.63) is 30.3 Å². The highest BCUT2D eigenvalue weighted by atomic mass is 35.5. The van der Waals surface area contributed by atoms with Crippen LogP contribution < -0.4 is 0 Å². The molecule has 2 rings (SSSR count). The van der Waals surface area contributed by atoms with Gasteiger partial charge in [0.05, 0.1) is 18.6 Å². The molecule has 1 saturated heterocycles. The summed E-state index contributed by atoms with van der Waals surface area (Å²) < 4.78 is 4.73. The number of phenols is 1. The molecule has 1 aliphatic rings. The van der Waals surface area contributed by atoms with Crippen molar-refractivity contribution in [2.75, 3.05) is 12.5 Å². The van der Waals surface area contributed by atoms with E-state index in [2.05, 4.69) is 0 Å². The summed E-state index contributed by atoms with van der Waals surface area (Å²) in [6, 6.07) is 8.71. The molecule has 1 aliphatic heterocycles. The predicted molar refractivity (Wildman–Crippen MR) is 60.7 cm³/mol. The third kappa shape index (κ3) is 10.7. The number of para-hydroxylation sites is 1. The normalized spacial score (nSPS) is 15.7. The molecule has 1 heterocycles. The van der Waals surface area contributed by atoms with Crippen LogP contribution in [0.3, 0.4) is 0 Å². The fourth-order valence-electron chi connectivity index (χ4n) is 0.585. The number of carbonyl (C=O) groups excluding carboxylic acids is 2. The SMILES string of the molecule is ClCC1CO1.O=CC=O.Oc1ccccc1. The summed E-state index contributed by atoms with van der Waals surface area (Å²) in [6.07, 6.45) is 0.789. The molecule has 1 fully saturated rings. The fraction of sp³-hybridized carbons (Fsp3) is 0.273. The Morgan fingerprint density at radius 1 is 1.31 bits per heavy atom. The van der Waals surface area contributed by atoms with Crippen LogP contribution in [0.15, 0.2) is 30.3 Å². The topological polar surface area (TPSA) is 66.9 Å².